The first-order chi connectivity index (χ1) is 12.8. The Bertz CT molecular complexity index is 633. The van der Waals surface area contributed by atoms with Crippen molar-refractivity contribution in [1.29, 1.82) is 0 Å². The largest absolute Gasteiger partial charge is 0.376 e. The van der Waals surface area contributed by atoms with Gasteiger partial charge in [0.25, 0.3) is 0 Å². The molecule has 26 heavy (non-hydrogen) atoms. The van der Waals surface area contributed by atoms with E-state index >= 15 is 0 Å². The van der Waals surface area contributed by atoms with E-state index in [0.717, 1.165) is 11.1 Å². The van der Waals surface area contributed by atoms with Crippen LogP contribution in [-0.4, -0.2) is 45.4 Å². The lowest BCUT2D eigenvalue weighted by Gasteiger charge is -2.40. The third-order valence-electron chi connectivity index (χ3n) is 4.48. The third kappa shape index (κ3) is 4.90. The van der Waals surface area contributed by atoms with Gasteiger partial charge in [0.2, 0.25) is 0 Å². The van der Waals surface area contributed by atoms with E-state index in [1.807, 2.05) is 60.7 Å². The van der Waals surface area contributed by atoms with Crippen molar-refractivity contribution in [2.24, 2.45) is 0 Å². The van der Waals surface area contributed by atoms with Gasteiger partial charge in [0.05, 0.1) is 19.8 Å². The molecular weight excluding hydrogens is 332 g/mol. The van der Waals surface area contributed by atoms with E-state index in [1.54, 1.807) is 14.2 Å². The molecule has 4 atom stereocenters. The first-order valence-corrected chi connectivity index (χ1v) is 8.80. The van der Waals surface area contributed by atoms with Crippen LogP contribution in [0, 0.1) is 0 Å². The van der Waals surface area contributed by atoms with Gasteiger partial charge in [-0.05, 0) is 11.1 Å². The average Bonchev–Trinajstić information content (AvgIpc) is 2.71. The Balaban J connectivity index is 1.64. The molecule has 0 aromatic heterocycles. The fraction of sp³-hybridized carbons (Fsp3) is 0.429. The second-order valence-corrected chi connectivity index (χ2v) is 6.23. The van der Waals surface area contributed by atoms with Gasteiger partial charge >= 0.3 is 0 Å². The Kier molecular flexibility index (Phi) is 7.17. The molecule has 1 aliphatic rings. The zero-order valence-corrected chi connectivity index (χ0v) is 15.2. The summed E-state index contributed by atoms with van der Waals surface area (Å²) in [5, 5.41) is 0. The number of benzene rings is 2. The Morgan fingerprint density at radius 2 is 1.35 bits per heavy atom. The molecule has 1 fully saturated rings. The first-order valence-electron chi connectivity index (χ1n) is 8.80. The number of ether oxygens (including phenoxy) is 5. The molecule has 0 aliphatic carbocycles. The molecule has 0 spiro atoms. The van der Waals surface area contributed by atoms with E-state index in [2.05, 4.69) is 0 Å². The van der Waals surface area contributed by atoms with Gasteiger partial charge in [-0.25, -0.2) is 0 Å². The summed E-state index contributed by atoms with van der Waals surface area (Å²) >= 11 is 0. The van der Waals surface area contributed by atoms with E-state index in [9.17, 15) is 0 Å². The standard InChI is InChI=1S/C21H26O5/c1-22-19-18(24-13-16-9-5-3-6-10-16)15-26-21(23-2)20(19)25-14-17-11-7-4-8-12-17/h3-12,18-21H,13-15H2,1-2H3/t18-,19+,20-,21+/m1/s1. The average molecular weight is 358 g/mol. The summed E-state index contributed by atoms with van der Waals surface area (Å²) in [4.78, 5) is 0. The Labute approximate surface area is 154 Å². The molecule has 0 unspecified atom stereocenters. The van der Waals surface area contributed by atoms with Crippen LogP contribution in [0.25, 0.3) is 0 Å². The zero-order chi connectivity index (χ0) is 18.2. The van der Waals surface area contributed by atoms with E-state index in [1.165, 1.54) is 0 Å². The van der Waals surface area contributed by atoms with Crippen molar-refractivity contribution >= 4 is 0 Å². The van der Waals surface area contributed by atoms with Crippen molar-refractivity contribution in [3.8, 4) is 0 Å². The lowest BCUT2D eigenvalue weighted by atomic mass is 10.0. The highest BCUT2D eigenvalue weighted by Crippen LogP contribution is 2.25. The maximum Gasteiger partial charge on any atom is 0.186 e. The summed E-state index contributed by atoms with van der Waals surface area (Å²) in [6.07, 6.45) is -1.37. The normalized spacial score (nSPS) is 25.9. The Morgan fingerprint density at radius 1 is 0.769 bits per heavy atom. The molecule has 1 heterocycles. The van der Waals surface area contributed by atoms with Crippen LogP contribution in [0.5, 0.6) is 0 Å². The minimum Gasteiger partial charge on any atom is -0.376 e. The quantitative estimate of drug-likeness (QED) is 0.725. The number of rotatable bonds is 8. The van der Waals surface area contributed by atoms with Gasteiger partial charge in [0.15, 0.2) is 6.29 Å². The molecule has 0 amide bonds. The molecular formula is C21H26O5. The van der Waals surface area contributed by atoms with Crippen LogP contribution in [0.4, 0.5) is 0 Å². The van der Waals surface area contributed by atoms with Crippen molar-refractivity contribution in [2.45, 2.75) is 37.8 Å². The highest BCUT2D eigenvalue weighted by molar-refractivity contribution is 5.14. The maximum absolute atomic E-state index is 6.10. The van der Waals surface area contributed by atoms with Gasteiger partial charge in [0.1, 0.15) is 18.3 Å². The van der Waals surface area contributed by atoms with Crippen LogP contribution in [0.3, 0.4) is 0 Å². The summed E-state index contributed by atoms with van der Waals surface area (Å²) in [6.45, 7) is 1.35. The molecule has 2 aromatic rings. The van der Waals surface area contributed by atoms with Crippen LogP contribution >= 0.6 is 0 Å². The van der Waals surface area contributed by atoms with E-state index in [-0.39, 0.29) is 18.3 Å². The van der Waals surface area contributed by atoms with Crippen LogP contribution in [0.2, 0.25) is 0 Å². The Hall–Kier alpha value is -1.76. The fourth-order valence-electron chi connectivity index (χ4n) is 3.09. The molecule has 0 N–H and O–H groups in total. The molecule has 0 bridgehead atoms. The predicted molar refractivity (Wildman–Crippen MR) is 97.6 cm³/mol. The molecule has 2 aromatic carbocycles. The SMILES string of the molecule is CO[C@H]1OC[C@@H](OCc2ccccc2)[C@H](OC)[C@H]1OCc1ccccc1. The highest BCUT2D eigenvalue weighted by Gasteiger charge is 2.42. The monoisotopic (exact) mass is 358 g/mol. The fourth-order valence-corrected chi connectivity index (χ4v) is 3.09. The summed E-state index contributed by atoms with van der Waals surface area (Å²) in [5.74, 6) is 0. The van der Waals surface area contributed by atoms with Gasteiger partial charge in [-0.1, -0.05) is 60.7 Å². The van der Waals surface area contributed by atoms with Crippen molar-refractivity contribution < 1.29 is 23.7 Å². The van der Waals surface area contributed by atoms with Crippen LogP contribution in [0.15, 0.2) is 60.7 Å². The minimum absolute atomic E-state index is 0.229. The summed E-state index contributed by atoms with van der Waals surface area (Å²) in [6, 6.07) is 20.1. The first kappa shape index (κ1) is 19.0. The van der Waals surface area contributed by atoms with Crippen molar-refractivity contribution in [1.82, 2.24) is 0 Å². The van der Waals surface area contributed by atoms with E-state index in [0.29, 0.717) is 19.8 Å². The topological polar surface area (TPSA) is 46.2 Å². The smallest absolute Gasteiger partial charge is 0.186 e. The van der Waals surface area contributed by atoms with Crippen LogP contribution in [-0.2, 0) is 36.9 Å². The molecule has 5 heteroatoms. The molecule has 0 saturated carbocycles. The molecule has 0 radical (unpaired) electrons. The van der Waals surface area contributed by atoms with Crippen LogP contribution < -0.4 is 0 Å². The molecule has 1 saturated heterocycles. The second kappa shape index (κ2) is 9.80. The summed E-state index contributed by atoms with van der Waals surface area (Å²) in [5.41, 5.74) is 2.20. The van der Waals surface area contributed by atoms with Gasteiger partial charge in [0, 0.05) is 14.2 Å². The Morgan fingerprint density at radius 3 is 1.88 bits per heavy atom. The van der Waals surface area contributed by atoms with E-state index in [4.69, 9.17) is 23.7 Å². The van der Waals surface area contributed by atoms with Crippen molar-refractivity contribution in [2.75, 3.05) is 20.8 Å². The summed E-state index contributed by atoms with van der Waals surface area (Å²) < 4.78 is 29.1. The van der Waals surface area contributed by atoms with Crippen LogP contribution in [0.1, 0.15) is 11.1 Å². The maximum atomic E-state index is 6.10. The molecule has 140 valence electrons. The highest BCUT2D eigenvalue weighted by atomic mass is 16.7. The lowest BCUT2D eigenvalue weighted by Crippen LogP contribution is -2.56. The number of methoxy groups -OCH3 is 2. The number of hydrogen-bond acceptors (Lipinski definition) is 5. The van der Waals surface area contributed by atoms with Gasteiger partial charge in [-0.15, -0.1) is 0 Å². The molecule has 5 nitrogen and oxygen atoms in total. The molecule has 1 aliphatic heterocycles. The lowest BCUT2D eigenvalue weighted by molar-refractivity contribution is -0.288. The van der Waals surface area contributed by atoms with Gasteiger partial charge in [-0.3, -0.25) is 0 Å². The molecule has 3 rings (SSSR count). The number of hydrogen-bond donors (Lipinski definition) is 0. The third-order valence-corrected chi connectivity index (χ3v) is 4.48. The second-order valence-electron chi connectivity index (χ2n) is 6.23. The zero-order valence-electron chi connectivity index (χ0n) is 15.2. The predicted octanol–water partition coefficient (Wildman–Crippen LogP) is 3.17. The van der Waals surface area contributed by atoms with E-state index < -0.39 is 6.29 Å². The summed E-state index contributed by atoms with van der Waals surface area (Å²) in [7, 11) is 3.28. The van der Waals surface area contributed by atoms with Gasteiger partial charge < -0.3 is 23.7 Å². The van der Waals surface area contributed by atoms with Crippen molar-refractivity contribution in [3.63, 3.8) is 0 Å². The van der Waals surface area contributed by atoms with Crippen molar-refractivity contribution in [3.05, 3.63) is 71.8 Å². The van der Waals surface area contributed by atoms with Gasteiger partial charge in [-0.2, -0.15) is 0 Å². The minimum atomic E-state index is -0.486.